The standard InChI is InChI=1S/C11H12BrNO/c1-7-2-5-9(6-10(7)12)13-11(14)8-3-4-8/h2,5-6,8H,3-4H2,1H3,(H,13,14). The second kappa shape index (κ2) is 3.73. The molecule has 1 aromatic rings. The van der Waals surface area contributed by atoms with Gasteiger partial charge in [-0.25, -0.2) is 0 Å². The number of benzene rings is 1. The Morgan fingerprint density at radius 1 is 1.50 bits per heavy atom. The smallest absolute Gasteiger partial charge is 0.227 e. The van der Waals surface area contributed by atoms with Crippen molar-refractivity contribution >= 4 is 27.5 Å². The van der Waals surface area contributed by atoms with Gasteiger partial charge in [-0.3, -0.25) is 4.79 Å². The lowest BCUT2D eigenvalue weighted by Crippen LogP contribution is -2.13. The summed E-state index contributed by atoms with van der Waals surface area (Å²) in [4.78, 5) is 11.4. The van der Waals surface area contributed by atoms with Crippen LogP contribution in [0.15, 0.2) is 22.7 Å². The molecule has 74 valence electrons. The Labute approximate surface area is 91.8 Å². The van der Waals surface area contributed by atoms with Crippen LogP contribution < -0.4 is 5.32 Å². The molecule has 14 heavy (non-hydrogen) atoms. The van der Waals surface area contributed by atoms with E-state index in [1.807, 2.05) is 25.1 Å². The van der Waals surface area contributed by atoms with E-state index >= 15 is 0 Å². The van der Waals surface area contributed by atoms with E-state index in [1.165, 1.54) is 5.56 Å². The molecule has 0 heterocycles. The monoisotopic (exact) mass is 253 g/mol. The van der Waals surface area contributed by atoms with Crippen LogP contribution in [0.3, 0.4) is 0 Å². The van der Waals surface area contributed by atoms with Crippen molar-refractivity contribution in [2.24, 2.45) is 5.92 Å². The summed E-state index contributed by atoms with van der Waals surface area (Å²) in [5, 5.41) is 2.90. The van der Waals surface area contributed by atoms with Gasteiger partial charge in [0.05, 0.1) is 0 Å². The van der Waals surface area contributed by atoms with Gasteiger partial charge in [0.25, 0.3) is 0 Å². The second-order valence-corrected chi connectivity index (χ2v) is 4.58. The molecule has 0 radical (unpaired) electrons. The van der Waals surface area contributed by atoms with Gasteiger partial charge in [-0.15, -0.1) is 0 Å². The highest BCUT2D eigenvalue weighted by molar-refractivity contribution is 9.10. The number of anilines is 1. The van der Waals surface area contributed by atoms with Gasteiger partial charge in [0.15, 0.2) is 0 Å². The van der Waals surface area contributed by atoms with E-state index in [2.05, 4.69) is 21.2 Å². The van der Waals surface area contributed by atoms with Crippen molar-refractivity contribution in [3.05, 3.63) is 28.2 Å². The predicted molar refractivity (Wildman–Crippen MR) is 60.2 cm³/mol. The first-order chi connectivity index (χ1) is 6.66. The molecule has 1 aliphatic carbocycles. The fourth-order valence-corrected chi connectivity index (χ4v) is 1.64. The average molecular weight is 254 g/mol. The highest BCUT2D eigenvalue weighted by Crippen LogP contribution is 2.30. The van der Waals surface area contributed by atoms with E-state index in [1.54, 1.807) is 0 Å². The SMILES string of the molecule is Cc1ccc(NC(=O)C2CC2)cc1Br. The summed E-state index contributed by atoms with van der Waals surface area (Å²) in [7, 11) is 0. The molecule has 0 unspecified atom stereocenters. The Balaban J connectivity index is 2.08. The van der Waals surface area contributed by atoms with Crippen LogP contribution in [-0.4, -0.2) is 5.91 Å². The third-order valence-corrected chi connectivity index (χ3v) is 3.24. The Morgan fingerprint density at radius 2 is 2.21 bits per heavy atom. The van der Waals surface area contributed by atoms with Crippen LogP contribution in [0.5, 0.6) is 0 Å². The number of hydrogen-bond donors (Lipinski definition) is 1. The van der Waals surface area contributed by atoms with Crippen LogP contribution in [0.4, 0.5) is 5.69 Å². The summed E-state index contributed by atoms with van der Waals surface area (Å²) in [5.74, 6) is 0.413. The molecule has 1 N–H and O–H groups in total. The largest absolute Gasteiger partial charge is 0.326 e. The van der Waals surface area contributed by atoms with Crippen molar-refractivity contribution in [3.63, 3.8) is 0 Å². The van der Waals surface area contributed by atoms with Crippen LogP contribution in [0.2, 0.25) is 0 Å². The van der Waals surface area contributed by atoms with Crippen molar-refractivity contribution in [2.75, 3.05) is 5.32 Å². The summed E-state index contributed by atoms with van der Waals surface area (Å²) >= 11 is 3.44. The van der Waals surface area contributed by atoms with E-state index in [4.69, 9.17) is 0 Å². The van der Waals surface area contributed by atoms with Crippen molar-refractivity contribution < 1.29 is 4.79 Å². The number of carbonyl (C=O) groups is 1. The minimum atomic E-state index is 0.153. The van der Waals surface area contributed by atoms with Crippen LogP contribution >= 0.6 is 15.9 Å². The normalized spacial score (nSPS) is 15.3. The molecule has 0 aromatic heterocycles. The van der Waals surface area contributed by atoms with Crippen molar-refractivity contribution in [3.8, 4) is 0 Å². The Hall–Kier alpha value is -0.830. The first-order valence-electron chi connectivity index (χ1n) is 4.74. The molecular weight excluding hydrogens is 242 g/mol. The molecule has 0 saturated heterocycles. The Kier molecular flexibility index (Phi) is 2.59. The summed E-state index contributed by atoms with van der Waals surface area (Å²) in [6, 6.07) is 5.86. The minimum Gasteiger partial charge on any atom is -0.326 e. The molecule has 1 amide bonds. The van der Waals surface area contributed by atoms with E-state index in [0.29, 0.717) is 0 Å². The van der Waals surface area contributed by atoms with Gasteiger partial charge in [-0.05, 0) is 37.5 Å². The lowest BCUT2D eigenvalue weighted by atomic mass is 10.2. The number of rotatable bonds is 2. The van der Waals surface area contributed by atoms with Gasteiger partial charge in [-0.1, -0.05) is 22.0 Å². The van der Waals surface area contributed by atoms with E-state index in [0.717, 1.165) is 23.0 Å². The molecule has 3 heteroatoms. The maximum atomic E-state index is 11.4. The maximum absolute atomic E-state index is 11.4. The molecule has 1 fully saturated rings. The summed E-state index contributed by atoms with van der Waals surface area (Å²) in [6.07, 6.45) is 2.08. The van der Waals surface area contributed by atoms with Crippen molar-refractivity contribution in [1.82, 2.24) is 0 Å². The minimum absolute atomic E-state index is 0.153. The third-order valence-electron chi connectivity index (χ3n) is 2.39. The number of halogens is 1. The molecule has 0 atom stereocenters. The van der Waals surface area contributed by atoms with Crippen LogP contribution in [-0.2, 0) is 4.79 Å². The van der Waals surface area contributed by atoms with E-state index < -0.39 is 0 Å². The number of hydrogen-bond acceptors (Lipinski definition) is 1. The maximum Gasteiger partial charge on any atom is 0.227 e. The van der Waals surface area contributed by atoms with Gasteiger partial charge in [-0.2, -0.15) is 0 Å². The van der Waals surface area contributed by atoms with Crippen LogP contribution in [0.25, 0.3) is 0 Å². The molecule has 1 saturated carbocycles. The van der Waals surface area contributed by atoms with Gasteiger partial charge in [0, 0.05) is 16.1 Å². The topological polar surface area (TPSA) is 29.1 Å². The average Bonchev–Trinajstić information content (AvgIpc) is 2.94. The van der Waals surface area contributed by atoms with Gasteiger partial charge in [0.1, 0.15) is 0 Å². The molecular formula is C11H12BrNO. The summed E-state index contributed by atoms with van der Waals surface area (Å²) in [6.45, 7) is 2.02. The zero-order chi connectivity index (χ0) is 10.1. The third kappa shape index (κ3) is 2.15. The second-order valence-electron chi connectivity index (χ2n) is 3.73. The zero-order valence-electron chi connectivity index (χ0n) is 8.01. The molecule has 0 aliphatic heterocycles. The zero-order valence-corrected chi connectivity index (χ0v) is 9.60. The first kappa shape index (κ1) is 9.71. The molecule has 0 bridgehead atoms. The first-order valence-corrected chi connectivity index (χ1v) is 5.53. The highest BCUT2D eigenvalue weighted by Gasteiger charge is 2.29. The van der Waals surface area contributed by atoms with E-state index in [9.17, 15) is 4.79 Å². The van der Waals surface area contributed by atoms with Gasteiger partial charge in [0.2, 0.25) is 5.91 Å². The Bertz CT molecular complexity index is 372. The highest BCUT2D eigenvalue weighted by atomic mass is 79.9. The van der Waals surface area contributed by atoms with Gasteiger partial charge < -0.3 is 5.32 Å². The lowest BCUT2D eigenvalue weighted by molar-refractivity contribution is -0.117. The summed E-state index contributed by atoms with van der Waals surface area (Å²) in [5.41, 5.74) is 2.05. The fraction of sp³-hybridized carbons (Fsp3) is 0.364. The summed E-state index contributed by atoms with van der Waals surface area (Å²) < 4.78 is 1.03. The fourth-order valence-electron chi connectivity index (χ4n) is 1.26. The lowest BCUT2D eigenvalue weighted by Gasteiger charge is -2.05. The molecule has 2 nitrogen and oxygen atoms in total. The molecule has 0 spiro atoms. The Morgan fingerprint density at radius 3 is 2.79 bits per heavy atom. The van der Waals surface area contributed by atoms with Crippen LogP contribution in [0.1, 0.15) is 18.4 Å². The number of nitrogens with one attached hydrogen (secondary N) is 1. The number of aryl methyl sites for hydroxylation is 1. The number of carbonyl (C=O) groups excluding carboxylic acids is 1. The van der Waals surface area contributed by atoms with Crippen molar-refractivity contribution in [2.45, 2.75) is 19.8 Å². The molecule has 1 aliphatic rings. The number of amides is 1. The molecule has 1 aromatic carbocycles. The van der Waals surface area contributed by atoms with Gasteiger partial charge >= 0.3 is 0 Å². The van der Waals surface area contributed by atoms with Crippen molar-refractivity contribution in [1.29, 1.82) is 0 Å². The van der Waals surface area contributed by atoms with E-state index in [-0.39, 0.29) is 11.8 Å². The van der Waals surface area contributed by atoms with Crippen LogP contribution in [0, 0.1) is 12.8 Å². The molecule has 2 rings (SSSR count). The quantitative estimate of drug-likeness (QED) is 0.863. The predicted octanol–water partition coefficient (Wildman–Crippen LogP) is 3.11.